The second-order valence-electron chi connectivity index (χ2n) is 11.6. The van der Waals surface area contributed by atoms with Crippen molar-refractivity contribution < 1.29 is 8.22 Å². The van der Waals surface area contributed by atoms with Crippen molar-refractivity contribution in [3.8, 4) is 62.1 Å². The SMILES string of the molecule is [2H]c1cc([2H])c2c(c1[2H])c1c([2H])c([2H])cc([2H])c1n2-c1cc(-c2ccccc2)cc(-c2ccc(-c3nc(-c4ccccc4)nc(-c4ccccc4)n3)cc2)c1. The lowest BCUT2D eigenvalue weighted by atomic mass is 9.97. The van der Waals surface area contributed by atoms with Gasteiger partial charge in [0.15, 0.2) is 17.5 Å². The molecule has 9 rings (SSSR count). The molecule has 0 unspecified atom stereocenters. The van der Waals surface area contributed by atoms with Crippen molar-refractivity contribution in [1.82, 2.24) is 19.5 Å². The third-order valence-electron chi connectivity index (χ3n) is 8.59. The lowest BCUT2D eigenvalue weighted by Crippen LogP contribution is -2.00. The first-order chi connectivity index (χ1) is 26.7. The number of para-hydroxylation sites is 2. The normalized spacial score (nSPS) is 13.0. The summed E-state index contributed by atoms with van der Waals surface area (Å²) in [6.45, 7) is 0. The molecule has 9 aromatic rings. The Hall–Kier alpha value is -6.65. The van der Waals surface area contributed by atoms with E-state index in [-0.39, 0.29) is 47.0 Å². The van der Waals surface area contributed by atoms with Crippen LogP contribution in [0.2, 0.25) is 0 Å². The molecule has 0 bridgehead atoms. The standard InChI is InChI=1S/C45H30N4/c1-4-14-31(15-5-1)36-28-37(30-38(29-36)49-41-22-12-10-20-39(41)40-21-11-13-23-42(40)49)32-24-26-35(27-25-32)45-47-43(33-16-6-2-7-17-33)46-44(48-45)34-18-8-3-9-19-34/h1-30H/i10D,11D,20D,21D,22D,23D. The fourth-order valence-electron chi connectivity index (χ4n) is 6.23. The van der Waals surface area contributed by atoms with Gasteiger partial charge < -0.3 is 4.57 Å². The molecule has 0 radical (unpaired) electrons. The summed E-state index contributed by atoms with van der Waals surface area (Å²) < 4.78 is 54.2. The van der Waals surface area contributed by atoms with E-state index in [1.807, 2.05) is 127 Å². The Bertz CT molecular complexity index is 2790. The topological polar surface area (TPSA) is 43.6 Å². The van der Waals surface area contributed by atoms with Gasteiger partial charge in [-0.05, 0) is 52.5 Å². The minimum absolute atomic E-state index is 0.00403. The summed E-state index contributed by atoms with van der Waals surface area (Å²) in [4.78, 5) is 14.6. The van der Waals surface area contributed by atoms with Crippen LogP contribution in [-0.4, -0.2) is 19.5 Å². The van der Waals surface area contributed by atoms with E-state index in [0.29, 0.717) is 34.2 Å². The van der Waals surface area contributed by atoms with Crippen LogP contribution in [0, 0.1) is 0 Å². The molecule has 4 nitrogen and oxygen atoms in total. The zero-order valence-electron chi connectivity index (χ0n) is 32.1. The van der Waals surface area contributed by atoms with E-state index in [9.17, 15) is 0 Å². The summed E-state index contributed by atoms with van der Waals surface area (Å²) in [6, 6.07) is 45.6. The van der Waals surface area contributed by atoms with Crippen molar-refractivity contribution in [2.24, 2.45) is 0 Å². The Morgan fingerprint density at radius 2 is 0.755 bits per heavy atom. The highest BCUT2D eigenvalue weighted by Gasteiger charge is 2.15. The van der Waals surface area contributed by atoms with Gasteiger partial charge in [0.1, 0.15) is 0 Å². The lowest BCUT2D eigenvalue weighted by Gasteiger charge is -2.14. The Balaban J connectivity index is 1.24. The van der Waals surface area contributed by atoms with Gasteiger partial charge in [0.2, 0.25) is 0 Å². The monoisotopic (exact) mass is 632 g/mol. The van der Waals surface area contributed by atoms with Crippen LogP contribution in [0.3, 0.4) is 0 Å². The van der Waals surface area contributed by atoms with Crippen LogP contribution in [0.25, 0.3) is 83.9 Å². The molecule has 4 heteroatoms. The smallest absolute Gasteiger partial charge is 0.164 e. The lowest BCUT2D eigenvalue weighted by molar-refractivity contribution is 1.07. The molecule has 0 amide bonds. The minimum Gasteiger partial charge on any atom is -0.309 e. The van der Waals surface area contributed by atoms with Crippen LogP contribution in [0.4, 0.5) is 0 Å². The Labute approximate surface area is 293 Å². The first-order valence-electron chi connectivity index (χ1n) is 19.0. The average molecular weight is 633 g/mol. The number of benzene rings is 7. The summed E-state index contributed by atoms with van der Waals surface area (Å²) in [5.74, 6) is 1.68. The number of nitrogens with zero attached hydrogens (tertiary/aromatic N) is 4. The van der Waals surface area contributed by atoms with Gasteiger partial charge in [0.25, 0.3) is 0 Å². The van der Waals surface area contributed by atoms with Crippen LogP contribution >= 0.6 is 0 Å². The maximum atomic E-state index is 8.99. The highest BCUT2D eigenvalue weighted by Crippen LogP contribution is 2.36. The summed E-state index contributed by atoms with van der Waals surface area (Å²) in [7, 11) is 0. The second-order valence-corrected chi connectivity index (χ2v) is 11.6. The van der Waals surface area contributed by atoms with Crippen molar-refractivity contribution >= 4 is 21.8 Å². The van der Waals surface area contributed by atoms with Gasteiger partial charge in [-0.1, -0.05) is 152 Å². The molecular formula is C45H30N4. The van der Waals surface area contributed by atoms with E-state index in [4.69, 9.17) is 23.2 Å². The number of hydrogen-bond acceptors (Lipinski definition) is 3. The maximum Gasteiger partial charge on any atom is 0.164 e. The van der Waals surface area contributed by atoms with E-state index in [2.05, 4.69) is 6.07 Å². The molecule has 7 aromatic carbocycles. The second kappa shape index (κ2) is 12.2. The zero-order valence-corrected chi connectivity index (χ0v) is 26.1. The maximum absolute atomic E-state index is 8.99. The van der Waals surface area contributed by atoms with Gasteiger partial charge in [0, 0.05) is 33.2 Å². The average Bonchev–Trinajstić information content (AvgIpc) is 3.61. The van der Waals surface area contributed by atoms with Gasteiger partial charge in [-0.25, -0.2) is 15.0 Å². The number of aromatic nitrogens is 4. The molecule has 49 heavy (non-hydrogen) atoms. The third kappa shape index (κ3) is 5.35. The van der Waals surface area contributed by atoms with Gasteiger partial charge >= 0.3 is 0 Å². The molecular weight excluding hydrogens is 597 g/mol. The zero-order chi connectivity index (χ0) is 37.8. The highest BCUT2D eigenvalue weighted by molar-refractivity contribution is 6.09. The molecule has 2 aromatic heterocycles. The Morgan fingerprint density at radius 1 is 0.367 bits per heavy atom. The van der Waals surface area contributed by atoms with Crippen LogP contribution in [0.1, 0.15) is 8.22 Å². The number of hydrogen-bond donors (Lipinski definition) is 0. The van der Waals surface area contributed by atoms with Crippen LogP contribution < -0.4 is 0 Å². The van der Waals surface area contributed by atoms with Crippen LogP contribution in [0.15, 0.2) is 182 Å². The van der Waals surface area contributed by atoms with E-state index in [1.165, 1.54) is 12.1 Å². The van der Waals surface area contributed by atoms with E-state index < -0.39 is 0 Å². The van der Waals surface area contributed by atoms with Gasteiger partial charge in [-0.3, -0.25) is 0 Å². The summed E-state index contributed by atoms with van der Waals surface area (Å²) in [5, 5.41) is 0.441. The molecule has 0 N–H and O–H groups in total. The van der Waals surface area contributed by atoms with E-state index in [1.54, 1.807) is 4.57 Å². The van der Waals surface area contributed by atoms with Gasteiger partial charge in [-0.2, -0.15) is 0 Å². The Morgan fingerprint density at radius 3 is 1.22 bits per heavy atom. The van der Waals surface area contributed by atoms with Crippen molar-refractivity contribution in [3.63, 3.8) is 0 Å². The van der Waals surface area contributed by atoms with E-state index in [0.717, 1.165) is 38.9 Å². The number of fused-ring (bicyclic) bond motifs is 3. The van der Waals surface area contributed by atoms with Crippen molar-refractivity contribution in [2.45, 2.75) is 0 Å². The highest BCUT2D eigenvalue weighted by atomic mass is 15.0. The minimum atomic E-state index is -0.151. The summed E-state index contributed by atoms with van der Waals surface area (Å²) >= 11 is 0. The van der Waals surface area contributed by atoms with E-state index >= 15 is 0 Å². The molecule has 0 aliphatic rings. The molecule has 0 atom stereocenters. The van der Waals surface area contributed by atoms with Crippen molar-refractivity contribution in [3.05, 3.63) is 182 Å². The predicted molar refractivity (Wildman–Crippen MR) is 201 cm³/mol. The molecule has 0 aliphatic heterocycles. The van der Waals surface area contributed by atoms with Gasteiger partial charge in [0.05, 0.1) is 19.3 Å². The largest absolute Gasteiger partial charge is 0.309 e. The van der Waals surface area contributed by atoms with Crippen molar-refractivity contribution in [1.29, 1.82) is 0 Å². The fourth-order valence-corrected chi connectivity index (χ4v) is 6.23. The predicted octanol–water partition coefficient (Wildman–Crippen LogP) is 11.3. The quantitative estimate of drug-likeness (QED) is 0.183. The van der Waals surface area contributed by atoms with Gasteiger partial charge in [-0.15, -0.1) is 0 Å². The third-order valence-corrected chi connectivity index (χ3v) is 8.59. The summed E-state index contributed by atoms with van der Waals surface area (Å²) in [5.41, 5.74) is 7.41. The molecule has 230 valence electrons. The molecule has 0 fully saturated rings. The number of rotatable bonds is 6. The molecule has 2 heterocycles. The summed E-state index contributed by atoms with van der Waals surface area (Å²) in [6.07, 6.45) is 0. The van der Waals surface area contributed by atoms with Crippen LogP contribution in [0.5, 0.6) is 0 Å². The molecule has 0 saturated heterocycles. The molecule has 0 saturated carbocycles. The van der Waals surface area contributed by atoms with Crippen LogP contribution in [-0.2, 0) is 0 Å². The fraction of sp³-hybridized carbons (Fsp3) is 0. The Kier molecular flexibility index (Phi) is 5.67. The first-order valence-corrected chi connectivity index (χ1v) is 16.0. The first kappa shape index (κ1) is 22.8. The van der Waals surface area contributed by atoms with Crippen molar-refractivity contribution in [2.75, 3.05) is 0 Å². The molecule has 0 aliphatic carbocycles. The molecule has 0 spiro atoms.